The van der Waals surface area contributed by atoms with E-state index >= 15 is 0 Å². The molecule has 4 nitrogen and oxygen atoms in total. The van der Waals surface area contributed by atoms with E-state index in [4.69, 9.17) is 0 Å². The molecule has 0 spiro atoms. The van der Waals surface area contributed by atoms with Crippen LogP contribution in [-0.2, 0) is 6.54 Å². The average Bonchev–Trinajstić information content (AvgIpc) is 2.46. The monoisotopic (exact) mass is 270 g/mol. The Balaban J connectivity index is 1.72. The van der Waals surface area contributed by atoms with Gasteiger partial charge in [0.05, 0.1) is 6.54 Å². The molecule has 3 N–H and O–H groups in total. The molecule has 0 aliphatic heterocycles. The smallest absolute Gasteiger partial charge is 0.124 e. The molecule has 2 aromatic rings. The molecule has 0 saturated heterocycles. The highest BCUT2D eigenvalue weighted by atomic mass is 16.3. The van der Waals surface area contributed by atoms with Gasteiger partial charge in [0.1, 0.15) is 11.5 Å². The number of aliphatic imine (C=N–C) groups is 1. The van der Waals surface area contributed by atoms with Crippen LogP contribution in [0, 0.1) is 0 Å². The third-order valence-electron chi connectivity index (χ3n) is 2.89. The molecular formula is C16H18N2O2. The Hall–Kier alpha value is -2.33. The average molecular weight is 270 g/mol. The van der Waals surface area contributed by atoms with Gasteiger partial charge in [-0.15, -0.1) is 0 Å². The number of nitrogens with zero attached hydrogens (tertiary/aromatic N) is 1. The second-order valence-electron chi connectivity index (χ2n) is 4.40. The summed E-state index contributed by atoms with van der Waals surface area (Å²) in [6.07, 6.45) is 1.66. The maximum atomic E-state index is 9.60. The summed E-state index contributed by atoms with van der Waals surface area (Å²) in [6, 6.07) is 14.3. The lowest BCUT2D eigenvalue weighted by Gasteiger charge is -2.05. The van der Waals surface area contributed by atoms with Crippen LogP contribution in [0.3, 0.4) is 0 Å². The maximum absolute atomic E-state index is 9.60. The Labute approximate surface area is 118 Å². The summed E-state index contributed by atoms with van der Waals surface area (Å²) in [6.45, 7) is 1.93. The first kappa shape index (κ1) is 14.1. The fraction of sp³-hybridized carbons (Fsp3) is 0.188. The molecule has 0 unspecified atom stereocenters. The fourth-order valence-corrected chi connectivity index (χ4v) is 1.79. The van der Waals surface area contributed by atoms with Crippen molar-refractivity contribution in [3.8, 4) is 11.5 Å². The first-order valence-electron chi connectivity index (χ1n) is 6.53. The van der Waals surface area contributed by atoms with Crippen LogP contribution in [0.5, 0.6) is 11.5 Å². The quantitative estimate of drug-likeness (QED) is 0.557. The van der Waals surface area contributed by atoms with Crippen molar-refractivity contribution in [2.24, 2.45) is 4.99 Å². The van der Waals surface area contributed by atoms with Gasteiger partial charge < -0.3 is 15.5 Å². The highest BCUT2D eigenvalue weighted by molar-refractivity contribution is 5.83. The molecule has 0 amide bonds. The van der Waals surface area contributed by atoms with Crippen LogP contribution in [0.4, 0.5) is 0 Å². The molecule has 0 aromatic heterocycles. The molecule has 0 saturated carbocycles. The van der Waals surface area contributed by atoms with Crippen molar-refractivity contribution in [2.45, 2.75) is 6.54 Å². The van der Waals surface area contributed by atoms with Crippen LogP contribution >= 0.6 is 0 Å². The second kappa shape index (κ2) is 7.31. The van der Waals surface area contributed by atoms with Crippen molar-refractivity contribution in [3.63, 3.8) is 0 Å². The van der Waals surface area contributed by atoms with E-state index in [1.165, 1.54) is 0 Å². The lowest BCUT2D eigenvalue weighted by Crippen LogP contribution is -2.17. The van der Waals surface area contributed by atoms with Gasteiger partial charge in [-0.3, -0.25) is 4.99 Å². The Morgan fingerprint density at radius 2 is 1.65 bits per heavy atom. The summed E-state index contributed by atoms with van der Waals surface area (Å²) < 4.78 is 0. The summed E-state index contributed by atoms with van der Waals surface area (Å²) in [5.74, 6) is 0.538. The van der Waals surface area contributed by atoms with Crippen molar-refractivity contribution in [1.82, 2.24) is 5.32 Å². The van der Waals surface area contributed by atoms with Crippen molar-refractivity contribution < 1.29 is 10.2 Å². The molecule has 20 heavy (non-hydrogen) atoms. The normalized spacial score (nSPS) is 11.0. The van der Waals surface area contributed by atoms with Gasteiger partial charge in [-0.2, -0.15) is 0 Å². The minimum atomic E-state index is 0.235. The molecule has 0 bridgehead atoms. The molecule has 0 heterocycles. The van der Waals surface area contributed by atoms with Crippen molar-refractivity contribution in [2.75, 3.05) is 13.1 Å². The van der Waals surface area contributed by atoms with Crippen LogP contribution in [0.1, 0.15) is 11.1 Å². The van der Waals surface area contributed by atoms with E-state index in [0.717, 1.165) is 5.56 Å². The van der Waals surface area contributed by atoms with Crippen molar-refractivity contribution in [1.29, 1.82) is 0 Å². The standard InChI is InChI=1S/C16H18N2O2/c19-15-7-3-1-5-13(15)11-17-9-10-18-12-14-6-2-4-8-16(14)20/h1-8,11,18-20H,9-10,12H2. The number of para-hydroxylation sites is 2. The van der Waals surface area contributed by atoms with E-state index in [1.54, 1.807) is 30.5 Å². The van der Waals surface area contributed by atoms with Crippen LogP contribution in [0.25, 0.3) is 0 Å². The van der Waals surface area contributed by atoms with E-state index in [9.17, 15) is 10.2 Å². The number of hydrogen-bond acceptors (Lipinski definition) is 4. The van der Waals surface area contributed by atoms with Gasteiger partial charge in [0.15, 0.2) is 0 Å². The summed E-state index contributed by atoms with van der Waals surface area (Å²) in [4.78, 5) is 4.25. The largest absolute Gasteiger partial charge is 0.508 e. The summed E-state index contributed by atoms with van der Waals surface area (Å²) in [5.41, 5.74) is 1.59. The van der Waals surface area contributed by atoms with Crippen LogP contribution < -0.4 is 5.32 Å². The lowest BCUT2D eigenvalue weighted by atomic mass is 10.2. The molecule has 0 radical (unpaired) electrons. The molecule has 0 aliphatic rings. The molecular weight excluding hydrogens is 252 g/mol. The van der Waals surface area contributed by atoms with Crippen molar-refractivity contribution >= 4 is 6.21 Å². The predicted molar refractivity (Wildman–Crippen MR) is 80.4 cm³/mol. The van der Waals surface area contributed by atoms with E-state index in [2.05, 4.69) is 10.3 Å². The van der Waals surface area contributed by atoms with Gasteiger partial charge >= 0.3 is 0 Å². The topological polar surface area (TPSA) is 64.9 Å². The molecule has 104 valence electrons. The van der Waals surface area contributed by atoms with Crippen molar-refractivity contribution in [3.05, 3.63) is 59.7 Å². The van der Waals surface area contributed by atoms with E-state index < -0.39 is 0 Å². The molecule has 0 aliphatic carbocycles. The fourth-order valence-electron chi connectivity index (χ4n) is 1.79. The molecule has 0 atom stereocenters. The molecule has 0 fully saturated rings. The van der Waals surface area contributed by atoms with Crippen LogP contribution in [-0.4, -0.2) is 29.5 Å². The Kier molecular flexibility index (Phi) is 5.15. The van der Waals surface area contributed by atoms with Gasteiger partial charge in [0.25, 0.3) is 0 Å². The van der Waals surface area contributed by atoms with E-state index in [-0.39, 0.29) is 5.75 Å². The number of hydrogen-bond donors (Lipinski definition) is 3. The minimum absolute atomic E-state index is 0.235. The summed E-state index contributed by atoms with van der Waals surface area (Å²) in [7, 11) is 0. The minimum Gasteiger partial charge on any atom is -0.508 e. The number of phenols is 2. The maximum Gasteiger partial charge on any atom is 0.124 e. The van der Waals surface area contributed by atoms with Crippen LogP contribution in [0.15, 0.2) is 53.5 Å². The predicted octanol–water partition coefficient (Wildman–Crippen LogP) is 2.31. The first-order chi connectivity index (χ1) is 9.77. The number of nitrogens with one attached hydrogen (secondary N) is 1. The molecule has 4 heteroatoms. The third kappa shape index (κ3) is 4.10. The summed E-state index contributed by atoms with van der Waals surface area (Å²) >= 11 is 0. The Morgan fingerprint density at radius 3 is 2.40 bits per heavy atom. The zero-order valence-electron chi connectivity index (χ0n) is 11.2. The summed E-state index contributed by atoms with van der Waals surface area (Å²) in [5, 5.41) is 22.4. The zero-order chi connectivity index (χ0) is 14.2. The highest BCUT2D eigenvalue weighted by Gasteiger charge is 1.98. The lowest BCUT2D eigenvalue weighted by molar-refractivity contribution is 0.464. The van der Waals surface area contributed by atoms with Gasteiger partial charge in [0.2, 0.25) is 0 Å². The number of rotatable bonds is 6. The number of phenolic OH excluding ortho intramolecular Hbond substituents is 2. The van der Waals surface area contributed by atoms with Gasteiger partial charge in [0, 0.05) is 30.4 Å². The van der Waals surface area contributed by atoms with E-state index in [0.29, 0.717) is 30.9 Å². The molecule has 2 rings (SSSR count). The molecule has 2 aromatic carbocycles. The number of aromatic hydroxyl groups is 2. The highest BCUT2D eigenvalue weighted by Crippen LogP contribution is 2.14. The first-order valence-corrected chi connectivity index (χ1v) is 6.53. The van der Waals surface area contributed by atoms with E-state index in [1.807, 2.05) is 24.3 Å². The van der Waals surface area contributed by atoms with Crippen LogP contribution in [0.2, 0.25) is 0 Å². The SMILES string of the molecule is Oc1ccccc1C=NCCNCc1ccccc1O. The second-order valence-corrected chi connectivity index (χ2v) is 4.40. The third-order valence-corrected chi connectivity index (χ3v) is 2.89. The zero-order valence-corrected chi connectivity index (χ0v) is 11.2. The number of benzene rings is 2. The Morgan fingerprint density at radius 1 is 0.950 bits per heavy atom. The van der Waals surface area contributed by atoms with Gasteiger partial charge in [-0.1, -0.05) is 30.3 Å². The Bertz CT molecular complexity index is 582. The van der Waals surface area contributed by atoms with Gasteiger partial charge in [-0.05, 0) is 18.2 Å². The van der Waals surface area contributed by atoms with Gasteiger partial charge in [-0.25, -0.2) is 0 Å².